The predicted octanol–water partition coefficient (Wildman–Crippen LogP) is 6.60. The molecule has 17 nitrogen and oxygen atoms in total. The Bertz CT molecular complexity index is 1280. The molecular weight excluding hydrogens is 819 g/mol. The van der Waals surface area contributed by atoms with Crippen molar-refractivity contribution >= 4 is 41.5 Å². The zero-order valence-corrected chi connectivity index (χ0v) is 40.0. The molecule has 0 aromatic carbocycles. The van der Waals surface area contributed by atoms with Gasteiger partial charge in [0, 0.05) is 52.4 Å². The van der Waals surface area contributed by atoms with E-state index in [1.807, 2.05) is 20.8 Å². The Kier molecular flexibility index (Phi) is 34.5. The Morgan fingerprint density at radius 1 is 0.571 bits per heavy atom. The van der Waals surface area contributed by atoms with Crippen LogP contribution in [-0.2, 0) is 66.8 Å². The van der Waals surface area contributed by atoms with Crippen LogP contribution >= 0.6 is 0 Å². The van der Waals surface area contributed by atoms with Gasteiger partial charge in [0.2, 0.25) is 11.8 Å². The molecular formula is C46H83N3O14. The minimum Gasteiger partial charge on any atom is -0.460 e. The lowest BCUT2D eigenvalue weighted by molar-refractivity contribution is -0.197. The molecule has 1 atom stereocenters. The van der Waals surface area contributed by atoms with Crippen LogP contribution in [-0.4, -0.2) is 124 Å². The first-order chi connectivity index (χ1) is 29.9. The lowest BCUT2D eigenvalue weighted by Gasteiger charge is -2.24. The number of hydrogen-bond donors (Lipinski definition) is 2. The van der Waals surface area contributed by atoms with E-state index in [9.17, 15) is 33.6 Å². The largest absolute Gasteiger partial charge is 0.460 e. The van der Waals surface area contributed by atoms with E-state index >= 15 is 0 Å². The summed E-state index contributed by atoms with van der Waals surface area (Å²) in [7, 11) is 1.44. The molecule has 0 aromatic heterocycles. The van der Waals surface area contributed by atoms with Crippen LogP contribution in [0.1, 0.15) is 177 Å². The quantitative estimate of drug-likeness (QED) is 0.0390. The van der Waals surface area contributed by atoms with Gasteiger partial charge in [-0.15, -0.1) is 5.06 Å². The smallest absolute Gasteiger partial charge is 0.333 e. The van der Waals surface area contributed by atoms with Gasteiger partial charge in [0.05, 0.1) is 46.1 Å². The Morgan fingerprint density at radius 3 is 1.54 bits per heavy atom. The van der Waals surface area contributed by atoms with E-state index in [0.29, 0.717) is 57.5 Å². The molecule has 0 saturated carbocycles. The summed E-state index contributed by atoms with van der Waals surface area (Å²) in [5.74, 6) is -3.14. The van der Waals surface area contributed by atoms with Crippen molar-refractivity contribution < 1.29 is 66.8 Å². The number of amides is 4. The van der Waals surface area contributed by atoms with Crippen molar-refractivity contribution in [2.45, 2.75) is 194 Å². The van der Waals surface area contributed by atoms with Crippen molar-refractivity contribution in [2.24, 2.45) is 0 Å². The summed E-state index contributed by atoms with van der Waals surface area (Å²) >= 11 is 0. The van der Waals surface area contributed by atoms with Crippen LogP contribution < -0.4 is 10.6 Å². The van der Waals surface area contributed by atoms with Gasteiger partial charge >= 0.3 is 17.9 Å². The van der Waals surface area contributed by atoms with Crippen LogP contribution in [0.3, 0.4) is 0 Å². The summed E-state index contributed by atoms with van der Waals surface area (Å²) in [6.07, 6.45) is 16.0. The van der Waals surface area contributed by atoms with Crippen LogP contribution in [0.4, 0.5) is 0 Å². The number of ether oxygens (including phenoxy) is 6. The number of carbonyl (C=O) groups excluding carboxylic acids is 7. The molecule has 1 unspecified atom stereocenters. The first kappa shape index (κ1) is 59.3. The van der Waals surface area contributed by atoms with Gasteiger partial charge in [0.25, 0.3) is 11.8 Å². The normalized spacial score (nSPS) is 13.2. The molecule has 1 aliphatic heterocycles. The summed E-state index contributed by atoms with van der Waals surface area (Å²) in [5, 5.41) is 5.84. The van der Waals surface area contributed by atoms with Crippen molar-refractivity contribution in [3.63, 3.8) is 0 Å². The molecule has 4 amide bonds. The highest BCUT2D eigenvalue weighted by atomic mass is 16.7. The summed E-state index contributed by atoms with van der Waals surface area (Å²) < 4.78 is 31.6. The molecule has 0 aromatic rings. The summed E-state index contributed by atoms with van der Waals surface area (Å²) in [6, 6.07) is -1.08. The Balaban J connectivity index is 0.00000127. The van der Waals surface area contributed by atoms with Gasteiger partial charge in [0.1, 0.15) is 17.2 Å². The van der Waals surface area contributed by atoms with Crippen LogP contribution in [0.2, 0.25) is 0 Å². The second-order valence-corrected chi connectivity index (χ2v) is 17.5. The highest BCUT2D eigenvalue weighted by Gasteiger charge is 2.34. The number of imide groups is 1. The number of esters is 2. The average Bonchev–Trinajstić information content (AvgIpc) is 3.51. The number of methoxy groups -OCH3 is 1. The monoisotopic (exact) mass is 902 g/mol. The molecule has 2 N–H and O–H groups in total. The SMILES string of the molecule is CCCOCCOCCOCCNC(=O)CCCCCCCCCCCCCCC(=O)OC(C)(C)C.COCCC(=O)NC(CCC(=O)ON1C(=O)CCC1=O)C(=O)OC(C)(C)C. The second kappa shape index (κ2) is 36.6. The molecule has 63 heavy (non-hydrogen) atoms. The zero-order chi connectivity index (χ0) is 47.4. The minimum atomic E-state index is -1.08. The molecule has 366 valence electrons. The van der Waals surface area contributed by atoms with Gasteiger partial charge in [-0.1, -0.05) is 71.1 Å². The fraction of sp³-hybridized carbons (Fsp3) is 0.848. The van der Waals surface area contributed by atoms with E-state index in [2.05, 4.69) is 17.6 Å². The molecule has 1 saturated heterocycles. The van der Waals surface area contributed by atoms with Gasteiger partial charge in [-0.2, -0.15) is 0 Å². The third kappa shape index (κ3) is 37.4. The van der Waals surface area contributed by atoms with Crippen molar-refractivity contribution in [1.29, 1.82) is 0 Å². The molecule has 1 rings (SSSR count). The maximum absolute atomic E-state index is 12.3. The number of nitrogens with one attached hydrogen (secondary N) is 2. The average molecular weight is 902 g/mol. The number of carbonyl (C=O) groups is 7. The van der Waals surface area contributed by atoms with E-state index in [-0.39, 0.29) is 56.2 Å². The number of hydrogen-bond acceptors (Lipinski definition) is 14. The van der Waals surface area contributed by atoms with Crippen molar-refractivity contribution in [1.82, 2.24) is 15.7 Å². The van der Waals surface area contributed by atoms with Gasteiger partial charge in [0.15, 0.2) is 0 Å². The standard InChI is InChI=1S/C29H57NO6.C17H26N2O8/c1-5-21-33-23-25-35-26-24-34-22-20-30-27(31)18-16-14-12-10-8-6-7-9-11-13-15-17-19-28(32)36-29(2,3)4;1-17(2,3)26-16(24)11(18-12(20)9-10-25-4)5-8-15(23)27-19-13(21)6-7-14(19)22/h5-26H2,1-4H3,(H,30,31);11H,5-10H2,1-4H3,(H,18,20). The first-order valence-corrected chi connectivity index (χ1v) is 23.2. The summed E-state index contributed by atoms with van der Waals surface area (Å²) in [4.78, 5) is 87.3. The van der Waals surface area contributed by atoms with Crippen molar-refractivity contribution in [3.05, 3.63) is 0 Å². The zero-order valence-electron chi connectivity index (χ0n) is 40.0. The minimum absolute atomic E-state index is 0.0117. The fourth-order valence-corrected chi connectivity index (χ4v) is 5.90. The van der Waals surface area contributed by atoms with Crippen LogP contribution in [0.5, 0.6) is 0 Å². The molecule has 0 spiro atoms. The van der Waals surface area contributed by atoms with Gasteiger partial charge in [-0.3, -0.25) is 24.0 Å². The second-order valence-electron chi connectivity index (χ2n) is 17.5. The Morgan fingerprint density at radius 2 is 1.05 bits per heavy atom. The Labute approximate surface area is 377 Å². The molecule has 1 fully saturated rings. The predicted molar refractivity (Wildman–Crippen MR) is 237 cm³/mol. The van der Waals surface area contributed by atoms with Gasteiger partial charge < -0.3 is 43.9 Å². The van der Waals surface area contributed by atoms with Crippen molar-refractivity contribution in [2.75, 3.05) is 59.9 Å². The van der Waals surface area contributed by atoms with Crippen LogP contribution in [0.25, 0.3) is 0 Å². The molecule has 1 aliphatic rings. The van der Waals surface area contributed by atoms with E-state index in [1.165, 1.54) is 58.5 Å². The third-order valence-electron chi connectivity index (χ3n) is 9.01. The number of rotatable bonds is 35. The summed E-state index contributed by atoms with van der Waals surface area (Å²) in [6.45, 7) is 17.2. The molecule has 17 heteroatoms. The molecule has 1 heterocycles. The summed E-state index contributed by atoms with van der Waals surface area (Å²) in [5.41, 5.74) is -1.15. The van der Waals surface area contributed by atoms with E-state index in [1.54, 1.807) is 20.8 Å². The van der Waals surface area contributed by atoms with Crippen LogP contribution in [0.15, 0.2) is 0 Å². The number of unbranched alkanes of at least 4 members (excludes halogenated alkanes) is 11. The first-order valence-electron chi connectivity index (χ1n) is 23.2. The molecule has 0 bridgehead atoms. The maximum atomic E-state index is 12.3. The van der Waals surface area contributed by atoms with E-state index in [0.717, 1.165) is 38.7 Å². The van der Waals surface area contributed by atoms with E-state index in [4.69, 9.17) is 33.3 Å². The number of hydroxylamine groups is 2. The highest BCUT2D eigenvalue weighted by Crippen LogP contribution is 2.16. The topological polar surface area (TPSA) is 211 Å². The Hall–Kier alpha value is -3.67. The van der Waals surface area contributed by atoms with Gasteiger partial charge in [-0.05, 0) is 67.2 Å². The molecule has 0 aliphatic carbocycles. The fourth-order valence-electron chi connectivity index (χ4n) is 5.90. The lowest BCUT2D eigenvalue weighted by Crippen LogP contribution is -2.45. The maximum Gasteiger partial charge on any atom is 0.333 e. The highest BCUT2D eigenvalue weighted by molar-refractivity contribution is 6.01. The van der Waals surface area contributed by atoms with E-state index < -0.39 is 41.3 Å². The molecule has 0 radical (unpaired) electrons. The number of nitrogens with zero attached hydrogens (tertiary/aromatic N) is 1. The van der Waals surface area contributed by atoms with Gasteiger partial charge in [-0.25, -0.2) is 9.59 Å². The van der Waals surface area contributed by atoms with Crippen LogP contribution in [0, 0.1) is 0 Å². The van der Waals surface area contributed by atoms with Crippen molar-refractivity contribution in [3.8, 4) is 0 Å². The third-order valence-corrected chi connectivity index (χ3v) is 9.01. The lowest BCUT2D eigenvalue weighted by atomic mass is 10.0.